The fourth-order valence-electron chi connectivity index (χ4n) is 5.19. The van der Waals surface area contributed by atoms with E-state index < -0.39 is 55.2 Å². The lowest BCUT2D eigenvalue weighted by molar-refractivity contribution is -0.137. The molecule has 11 heteroatoms. The lowest BCUT2D eigenvalue weighted by Gasteiger charge is -2.50. The summed E-state index contributed by atoms with van der Waals surface area (Å²) in [5, 5.41) is 9.20. The highest BCUT2D eigenvalue weighted by Crippen LogP contribution is 2.56. The van der Waals surface area contributed by atoms with Crippen LogP contribution in [0.2, 0.25) is 5.02 Å². The fraction of sp³-hybridized carbons (Fsp3) is 0.480. The third-order valence-corrected chi connectivity index (χ3v) is 11.3. The Morgan fingerprint density at radius 2 is 1.86 bits per heavy atom. The van der Waals surface area contributed by atoms with Crippen LogP contribution in [0.4, 0.5) is 8.78 Å². The van der Waals surface area contributed by atoms with Crippen LogP contribution in [0, 0.1) is 23.5 Å². The highest BCUT2D eigenvalue weighted by Gasteiger charge is 2.61. The molecule has 2 heterocycles. The maximum absolute atomic E-state index is 15.4. The first-order valence-corrected chi connectivity index (χ1v) is 14.5. The number of sulfone groups is 1. The summed E-state index contributed by atoms with van der Waals surface area (Å²) >= 11 is 7.22. The zero-order valence-corrected chi connectivity index (χ0v) is 22.1. The number of carboxylic acid groups (broad SMARTS) is 1. The number of thioether (sulfide) groups is 1. The van der Waals surface area contributed by atoms with Gasteiger partial charge in [0.2, 0.25) is 0 Å². The van der Waals surface area contributed by atoms with Gasteiger partial charge in [0.25, 0.3) is 0 Å². The molecule has 2 aromatic rings. The minimum Gasteiger partial charge on any atom is -0.490 e. The standard InChI is InChI=1S/C25H27ClF2O6S2/c1-14(2)23(24(29)30)35-12-9-20-17-13-34-22-19(28)8-7-18(27)21(22)25(17,10-11-33-20)36(31,32)16-5-3-15(26)4-6-16/h3-8,14,17,20,23H,9-13H2,1-2H3,(H,29,30)/t17-,20-,23?,25-/m0/s1. The van der Waals surface area contributed by atoms with Gasteiger partial charge in [0.05, 0.1) is 23.2 Å². The van der Waals surface area contributed by atoms with E-state index in [1.807, 2.05) is 13.8 Å². The van der Waals surface area contributed by atoms with Gasteiger partial charge < -0.3 is 14.6 Å². The first-order chi connectivity index (χ1) is 17.0. The predicted octanol–water partition coefficient (Wildman–Crippen LogP) is 5.32. The molecule has 1 unspecified atom stereocenters. The molecule has 6 nitrogen and oxygen atoms in total. The molecule has 4 rings (SSSR count). The molecular weight excluding hydrogens is 534 g/mol. The molecule has 36 heavy (non-hydrogen) atoms. The number of aliphatic carboxylic acids is 1. The lowest BCUT2D eigenvalue weighted by atomic mass is 9.75. The van der Waals surface area contributed by atoms with Crippen molar-refractivity contribution < 1.29 is 36.6 Å². The number of hydrogen-bond donors (Lipinski definition) is 1. The number of carbonyl (C=O) groups is 1. The Balaban J connectivity index is 1.78. The van der Waals surface area contributed by atoms with Crippen molar-refractivity contribution in [2.75, 3.05) is 19.0 Å². The molecule has 0 aliphatic carbocycles. The Hall–Kier alpha value is -1.88. The Kier molecular flexibility index (Phi) is 7.90. The molecule has 4 atom stereocenters. The molecule has 1 fully saturated rings. The summed E-state index contributed by atoms with van der Waals surface area (Å²) in [6.45, 7) is 3.44. The Labute approximate surface area is 218 Å². The maximum Gasteiger partial charge on any atom is 0.316 e. The van der Waals surface area contributed by atoms with Crippen molar-refractivity contribution >= 4 is 39.2 Å². The molecule has 0 radical (unpaired) electrons. The van der Waals surface area contributed by atoms with E-state index in [2.05, 4.69) is 0 Å². The topological polar surface area (TPSA) is 89.9 Å². The van der Waals surface area contributed by atoms with Crippen LogP contribution in [0.5, 0.6) is 5.75 Å². The van der Waals surface area contributed by atoms with E-state index in [0.29, 0.717) is 17.2 Å². The van der Waals surface area contributed by atoms with Crippen LogP contribution in [0.3, 0.4) is 0 Å². The number of halogens is 3. The minimum atomic E-state index is -4.28. The van der Waals surface area contributed by atoms with Crippen molar-refractivity contribution in [3.63, 3.8) is 0 Å². The molecule has 196 valence electrons. The van der Waals surface area contributed by atoms with Crippen molar-refractivity contribution in [2.24, 2.45) is 11.8 Å². The molecule has 0 aromatic heterocycles. The maximum atomic E-state index is 15.4. The van der Waals surface area contributed by atoms with E-state index in [-0.39, 0.29) is 36.0 Å². The van der Waals surface area contributed by atoms with Gasteiger partial charge in [0, 0.05) is 17.5 Å². The van der Waals surface area contributed by atoms with Crippen LogP contribution in [0.25, 0.3) is 0 Å². The number of ether oxygens (including phenoxy) is 2. The molecule has 2 aromatic carbocycles. The van der Waals surface area contributed by atoms with Crippen molar-refractivity contribution in [2.45, 2.75) is 47.7 Å². The lowest BCUT2D eigenvalue weighted by Crippen LogP contribution is -2.57. The van der Waals surface area contributed by atoms with E-state index in [1.165, 1.54) is 36.0 Å². The van der Waals surface area contributed by atoms with Crippen molar-refractivity contribution in [1.82, 2.24) is 0 Å². The summed E-state index contributed by atoms with van der Waals surface area (Å²) < 4.78 is 68.5. The SMILES string of the molecule is CC(C)C(SCC[C@@H]1OCC[C@@]2(S(=O)(=O)c3ccc(Cl)cc3)c3c(F)ccc(F)c3OC[C@@H]12)C(=O)O. The molecule has 0 saturated carbocycles. The first kappa shape index (κ1) is 27.2. The van der Waals surface area contributed by atoms with Gasteiger partial charge in [-0.2, -0.15) is 0 Å². The van der Waals surface area contributed by atoms with Gasteiger partial charge in [-0.1, -0.05) is 25.4 Å². The largest absolute Gasteiger partial charge is 0.490 e. The van der Waals surface area contributed by atoms with Gasteiger partial charge in [-0.3, -0.25) is 4.79 Å². The summed E-state index contributed by atoms with van der Waals surface area (Å²) in [6.07, 6.45) is -0.447. The van der Waals surface area contributed by atoms with Crippen molar-refractivity contribution in [3.8, 4) is 5.75 Å². The third-order valence-electron chi connectivity index (χ3n) is 6.89. The van der Waals surface area contributed by atoms with Gasteiger partial charge in [0.15, 0.2) is 21.4 Å². The second-order valence-corrected chi connectivity index (χ2v) is 13.2. The molecule has 2 aliphatic heterocycles. The normalized spacial score (nSPS) is 24.5. The van der Waals surface area contributed by atoms with E-state index in [1.54, 1.807) is 0 Å². The van der Waals surface area contributed by atoms with Crippen molar-refractivity contribution in [1.29, 1.82) is 0 Å². The average molecular weight is 561 g/mol. The summed E-state index contributed by atoms with van der Waals surface area (Å²) in [4.78, 5) is 11.5. The zero-order chi connectivity index (χ0) is 26.3. The number of rotatable bonds is 8. The zero-order valence-electron chi connectivity index (χ0n) is 19.7. The van der Waals surface area contributed by atoms with Gasteiger partial charge in [-0.25, -0.2) is 17.2 Å². The Morgan fingerprint density at radius 1 is 1.19 bits per heavy atom. The fourth-order valence-corrected chi connectivity index (χ4v) is 8.81. The molecule has 0 spiro atoms. The summed E-state index contributed by atoms with van der Waals surface area (Å²) in [5.74, 6) is -3.60. The first-order valence-electron chi connectivity index (χ1n) is 11.6. The van der Waals surface area contributed by atoms with Gasteiger partial charge >= 0.3 is 5.97 Å². The third kappa shape index (κ3) is 4.61. The van der Waals surface area contributed by atoms with Crippen LogP contribution >= 0.6 is 23.4 Å². The van der Waals surface area contributed by atoms with Crippen molar-refractivity contribution in [3.05, 3.63) is 58.6 Å². The van der Waals surface area contributed by atoms with Gasteiger partial charge in [-0.15, -0.1) is 11.8 Å². The van der Waals surface area contributed by atoms with E-state index in [0.717, 1.165) is 12.1 Å². The van der Waals surface area contributed by atoms with E-state index >= 15 is 4.39 Å². The molecule has 1 saturated heterocycles. The molecule has 0 amide bonds. The number of benzene rings is 2. The molecule has 1 N–H and O–H groups in total. The van der Waals surface area contributed by atoms with E-state index in [4.69, 9.17) is 21.1 Å². The van der Waals surface area contributed by atoms with Gasteiger partial charge in [0.1, 0.15) is 15.8 Å². The van der Waals surface area contributed by atoms with Crippen LogP contribution in [0.1, 0.15) is 32.3 Å². The quantitative estimate of drug-likeness (QED) is 0.467. The van der Waals surface area contributed by atoms with E-state index in [9.17, 15) is 22.7 Å². The highest BCUT2D eigenvalue weighted by molar-refractivity contribution is 8.00. The molecular formula is C25H27ClF2O6S2. The van der Waals surface area contributed by atoms with Crippen LogP contribution in [-0.2, 0) is 24.1 Å². The summed E-state index contributed by atoms with van der Waals surface area (Å²) in [7, 11) is -4.28. The number of hydrogen-bond acceptors (Lipinski definition) is 6. The average Bonchev–Trinajstić information content (AvgIpc) is 2.83. The monoisotopic (exact) mass is 560 g/mol. The summed E-state index contributed by atoms with van der Waals surface area (Å²) in [6, 6.07) is 7.43. The minimum absolute atomic E-state index is 0.000581. The van der Waals surface area contributed by atoms with Crippen LogP contribution in [0.15, 0.2) is 41.3 Å². The summed E-state index contributed by atoms with van der Waals surface area (Å²) in [5.41, 5.74) is -0.319. The van der Waals surface area contributed by atoms with Crippen LogP contribution in [-0.4, -0.2) is 49.8 Å². The van der Waals surface area contributed by atoms with Crippen LogP contribution < -0.4 is 4.74 Å². The smallest absolute Gasteiger partial charge is 0.316 e. The Morgan fingerprint density at radius 3 is 2.50 bits per heavy atom. The number of fused-ring (bicyclic) bond motifs is 3. The second kappa shape index (κ2) is 10.5. The predicted molar refractivity (Wildman–Crippen MR) is 133 cm³/mol. The van der Waals surface area contributed by atoms with Gasteiger partial charge in [-0.05, 0) is 60.9 Å². The highest BCUT2D eigenvalue weighted by atomic mass is 35.5. The molecule has 0 bridgehead atoms. The Bertz CT molecular complexity index is 1240. The number of carboxylic acids is 1. The second-order valence-electron chi connectivity index (χ2n) is 9.32. The molecule has 2 aliphatic rings.